The molecule has 0 spiro atoms. The van der Waals surface area contributed by atoms with E-state index < -0.39 is 6.61 Å². The molecule has 0 bridgehead atoms. The molecule has 0 saturated carbocycles. The first-order valence-corrected chi connectivity index (χ1v) is 3.86. The highest BCUT2D eigenvalue weighted by atomic mass is 19.3. The summed E-state index contributed by atoms with van der Waals surface area (Å²) in [6, 6.07) is 4.01. The largest absolute Gasteiger partial charge is 0.433 e. The van der Waals surface area contributed by atoms with E-state index in [2.05, 4.69) is 4.74 Å². The monoisotopic (exact) mass is 201 g/mol. The minimum atomic E-state index is -2.94. The number of hydrogen-bond donors (Lipinski definition) is 1. The first-order valence-electron chi connectivity index (χ1n) is 3.86. The second kappa shape index (κ2) is 4.04. The average Bonchev–Trinajstić information content (AvgIpc) is 2.07. The van der Waals surface area contributed by atoms with E-state index in [1.807, 2.05) is 0 Å². The van der Waals surface area contributed by atoms with Crippen molar-refractivity contribution in [3.05, 3.63) is 23.8 Å². The van der Waals surface area contributed by atoms with Gasteiger partial charge in [0.1, 0.15) is 5.75 Å². The van der Waals surface area contributed by atoms with Gasteiger partial charge in [-0.15, -0.1) is 0 Å². The normalized spacial score (nSPS) is 10.3. The lowest BCUT2D eigenvalue weighted by molar-refractivity contribution is -0.0493. The quantitative estimate of drug-likeness (QED) is 0.601. The van der Waals surface area contributed by atoms with Gasteiger partial charge in [-0.3, -0.25) is 4.79 Å². The van der Waals surface area contributed by atoms with Crippen molar-refractivity contribution < 1.29 is 18.3 Å². The molecule has 14 heavy (non-hydrogen) atoms. The van der Waals surface area contributed by atoms with Crippen molar-refractivity contribution in [2.45, 2.75) is 13.5 Å². The third-order valence-electron chi connectivity index (χ3n) is 1.64. The Labute approximate surface area is 79.5 Å². The lowest BCUT2D eigenvalue weighted by atomic mass is 10.1. The first-order chi connectivity index (χ1) is 6.50. The minimum Gasteiger partial charge on any atom is -0.433 e. The maximum absolute atomic E-state index is 11.9. The predicted molar refractivity (Wildman–Crippen MR) is 47.5 cm³/mol. The first kappa shape index (κ1) is 10.4. The molecule has 1 aromatic rings. The van der Waals surface area contributed by atoms with Crippen LogP contribution in [0, 0.1) is 0 Å². The van der Waals surface area contributed by atoms with Crippen LogP contribution in [0.1, 0.15) is 17.3 Å². The molecular formula is C9H9F2NO2. The van der Waals surface area contributed by atoms with Gasteiger partial charge in [0.2, 0.25) is 0 Å². The molecule has 3 nitrogen and oxygen atoms in total. The number of benzene rings is 1. The Bertz CT molecular complexity index is 353. The second-order valence-corrected chi connectivity index (χ2v) is 2.69. The molecule has 0 aliphatic carbocycles. The highest BCUT2D eigenvalue weighted by Gasteiger charge is 2.09. The molecule has 0 fully saturated rings. The van der Waals surface area contributed by atoms with Crippen molar-refractivity contribution in [3.8, 4) is 5.75 Å². The van der Waals surface area contributed by atoms with Gasteiger partial charge in [0.15, 0.2) is 5.78 Å². The molecule has 5 heteroatoms. The van der Waals surface area contributed by atoms with Crippen LogP contribution in [0.5, 0.6) is 5.75 Å². The van der Waals surface area contributed by atoms with Crippen LogP contribution >= 0.6 is 0 Å². The number of ether oxygens (including phenoxy) is 1. The molecule has 0 aliphatic heterocycles. The van der Waals surface area contributed by atoms with E-state index >= 15 is 0 Å². The van der Waals surface area contributed by atoms with E-state index in [4.69, 9.17) is 5.73 Å². The Hall–Kier alpha value is -1.65. The van der Waals surface area contributed by atoms with E-state index in [9.17, 15) is 13.6 Å². The molecule has 0 aliphatic rings. The van der Waals surface area contributed by atoms with Gasteiger partial charge in [-0.2, -0.15) is 8.78 Å². The van der Waals surface area contributed by atoms with Crippen LogP contribution in [0.2, 0.25) is 0 Å². The molecule has 0 radical (unpaired) electrons. The molecule has 0 amide bonds. The SMILES string of the molecule is CC(=O)c1ccc(N)c(OC(F)F)c1. The topological polar surface area (TPSA) is 52.3 Å². The number of anilines is 1. The number of nitrogen functional groups attached to an aromatic ring is 1. The summed E-state index contributed by atoms with van der Waals surface area (Å²) in [6.07, 6.45) is 0. The van der Waals surface area contributed by atoms with Crippen molar-refractivity contribution in [1.82, 2.24) is 0 Å². The number of hydrogen-bond acceptors (Lipinski definition) is 3. The van der Waals surface area contributed by atoms with Crippen LogP contribution in [0.25, 0.3) is 0 Å². The number of halogens is 2. The molecule has 1 aromatic carbocycles. The second-order valence-electron chi connectivity index (χ2n) is 2.69. The summed E-state index contributed by atoms with van der Waals surface area (Å²) in [7, 11) is 0. The number of alkyl halides is 2. The average molecular weight is 201 g/mol. The Morgan fingerprint density at radius 1 is 1.50 bits per heavy atom. The number of Topliss-reactive ketones (excluding diaryl/α,β-unsaturated/α-hetero) is 1. The van der Waals surface area contributed by atoms with Crippen LogP contribution in [0.15, 0.2) is 18.2 Å². The predicted octanol–water partition coefficient (Wildman–Crippen LogP) is 2.07. The lowest BCUT2D eigenvalue weighted by Crippen LogP contribution is -2.05. The van der Waals surface area contributed by atoms with E-state index in [0.717, 1.165) is 0 Å². The number of ketones is 1. The fourth-order valence-electron chi connectivity index (χ4n) is 0.951. The maximum atomic E-state index is 11.9. The van der Waals surface area contributed by atoms with Gasteiger partial charge >= 0.3 is 6.61 Å². The van der Waals surface area contributed by atoms with E-state index in [0.29, 0.717) is 0 Å². The summed E-state index contributed by atoms with van der Waals surface area (Å²) in [5.74, 6) is -0.406. The standard InChI is InChI=1S/C9H9F2NO2/c1-5(13)6-2-3-7(12)8(4-6)14-9(10)11/h2-4,9H,12H2,1H3. The van der Waals surface area contributed by atoms with Crippen LogP contribution in [-0.4, -0.2) is 12.4 Å². The van der Waals surface area contributed by atoms with Crippen molar-refractivity contribution in [2.75, 3.05) is 5.73 Å². The summed E-state index contributed by atoms with van der Waals surface area (Å²) in [5.41, 5.74) is 5.73. The summed E-state index contributed by atoms with van der Waals surface area (Å²) >= 11 is 0. The van der Waals surface area contributed by atoms with Crippen LogP contribution in [0.4, 0.5) is 14.5 Å². The van der Waals surface area contributed by atoms with Crippen LogP contribution < -0.4 is 10.5 Å². The third kappa shape index (κ3) is 2.42. The smallest absolute Gasteiger partial charge is 0.387 e. The van der Waals surface area contributed by atoms with Gasteiger partial charge in [-0.05, 0) is 25.1 Å². The molecule has 76 valence electrons. The number of carbonyl (C=O) groups is 1. The fraction of sp³-hybridized carbons (Fsp3) is 0.222. The summed E-state index contributed by atoms with van der Waals surface area (Å²) in [5, 5.41) is 0. The molecular weight excluding hydrogens is 192 g/mol. The van der Waals surface area contributed by atoms with Crippen LogP contribution in [-0.2, 0) is 0 Å². The fourth-order valence-corrected chi connectivity index (χ4v) is 0.951. The van der Waals surface area contributed by atoms with Gasteiger partial charge in [0.05, 0.1) is 5.69 Å². The van der Waals surface area contributed by atoms with E-state index in [-0.39, 0.29) is 22.8 Å². The van der Waals surface area contributed by atoms with Gasteiger partial charge in [-0.25, -0.2) is 0 Å². The zero-order chi connectivity index (χ0) is 10.7. The van der Waals surface area contributed by atoms with Crippen molar-refractivity contribution in [3.63, 3.8) is 0 Å². The number of carbonyl (C=O) groups excluding carboxylic acids is 1. The molecule has 2 N–H and O–H groups in total. The zero-order valence-electron chi connectivity index (χ0n) is 7.46. The summed E-state index contributed by atoms with van der Waals surface area (Å²) < 4.78 is 27.9. The van der Waals surface area contributed by atoms with Gasteiger partial charge in [0, 0.05) is 5.56 Å². The van der Waals surface area contributed by atoms with E-state index in [1.54, 1.807) is 0 Å². The van der Waals surface area contributed by atoms with Crippen molar-refractivity contribution in [1.29, 1.82) is 0 Å². The van der Waals surface area contributed by atoms with Crippen molar-refractivity contribution >= 4 is 11.5 Å². The molecule has 0 heterocycles. The molecule has 0 atom stereocenters. The lowest BCUT2D eigenvalue weighted by Gasteiger charge is -2.08. The van der Waals surface area contributed by atoms with Gasteiger partial charge in [-0.1, -0.05) is 0 Å². The Morgan fingerprint density at radius 3 is 2.64 bits per heavy atom. The molecule has 1 rings (SSSR count). The Balaban J connectivity index is 3.02. The minimum absolute atomic E-state index is 0.0790. The maximum Gasteiger partial charge on any atom is 0.387 e. The number of nitrogens with two attached hydrogens (primary N) is 1. The summed E-state index contributed by atoms with van der Waals surface area (Å²) in [6.45, 7) is -1.61. The highest BCUT2D eigenvalue weighted by molar-refractivity contribution is 5.95. The molecule has 0 saturated heterocycles. The van der Waals surface area contributed by atoms with Gasteiger partial charge in [0.25, 0.3) is 0 Å². The Morgan fingerprint density at radius 2 is 2.14 bits per heavy atom. The summed E-state index contributed by atoms with van der Waals surface area (Å²) in [4.78, 5) is 10.9. The van der Waals surface area contributed by atoms with Crippen molar-refractivity contribution in [2.24, 2.45) is 0 Å². The highest BCUT2D eigenvalue weighted by Crippen LogP contribution is 2.24. The van der Waals surface area contributed by atoms with E-state index in [1.165, 1.54) is 25.1 Å². The molecule has 0 aromatic heterocycles. The Kier molecular flexibility index (Phi) is 3.01. The third-order valence-corrected chi connectivity index (χ3v) is 1.64. The number of rotatable bonds is 3. The van der Waals surface area contributed by atoms with Crippen LogP contribution in [0.3, 0.4) is 0 Å². The molecule has 0 unspecified atom stereocenters. The van der Waals surface area contributed by atoms with Gasteiger partial charge < -0.3 is 10.5 Å². The zero-order valence-corrected chi connectivity index (χ0v) is 7.46.